The molecule has 2 unspecified atom stereocenters. The molecule has 2 atom stereocenters. The highest BCUT2D eigenvalue weighted by atomic mass is 79.9. The van der Waals surface area contributed by atoms with Gasteiger partial charge in [0.15, 0.2) is 0 Å². The van der Waals surface area contributed by atoms with Crippen molar-refractivity contribution in [1.82, 2.24) is 10.2 Å². The number of nitrogens with one attached hydrogen (secondary N) is 1. The summed E-state index contributed by atoms with van der Waals surface area (Å²) in [5.41, 5.74) is 1.39. The molecule has 3 nitrogen and oxygen atoms in total. The maximum Gasteiger partial charge on any atom is 0.0701 e. The van der Waals surface area contributed by atoms with Crippen LogP contribution < -0.4 is 5.32 Å². The highest BCUT2D eigenvalue weighted by Gasteiger charge is 2.26. The molecule has 0 saturated carbocycles. The Labute approximate surface area is 134 Å². The fourth-order valence-corrected chi connectivity index (χ4v) is 3.98. The monoisotopic (exact) mass is 360 g/mol. The number of halogens is 1. The van der Waals surface area contributed by atoms with Crippen molar-refractivity contribution in [1.29, 1.82) is 0 Å². The fourth-order valence-electron chi connectivity index (χ4n) is 2.78. The number of hydrogen-bond acceptors (Lipinski definition) is 4. The first-order valence-electron chi connectivity index (χ1n) is 7.41. The molecule has 1 saturated heterocycles. The molecule has 0 amide bonds. The van der Waals surface area contributed by atoms with Gasteiger partial charge in [0, 0.05) is 31.7 Å². The molecule has 0 spiro atoms. The van der Waals surface area contributed by atoms with Crippen LogP contribution in [0.2, 0.25) is 0 Å². The van der Waals surface area contributed by atoms with Gasteiger partial charge >= 0.3 is 0 Å². The maximum absolute atomic E-state index is 5.68. The Balaban J connectivity index is 1.82. The molecule has 0 aromatic carbocycles. The van der Waals surface area contributed by atoms with E-state index in [1.165, 1.54) is 15.8 Å². The SMILES string of the molecule is CCCNC1CCOCC1CN(C)Cc1csc(Br)c1. The number of ether oxygens (including phenoxy) is 1. The van der Waals surface area contributed by atoms with E-state index in [1.54, 1.807) is 11.3 Å². The summed E-state index contributed by atoms with van der Waals surface area (Å²) in [7, 11) is 2.21. The Morgan fingerprint density at radius 1 is 1.55 bits per heavy atom. The van der Waals surface area contributed by atoms with Crippen molar-refractivity contribution in [3.8, 4) is 0 Å². The number of hydrogen-bond donors (Lipinski definition) is 1. The molecule has 1 aromatic rings. The molecule has 5 heteroatoms. The van der Waals surface area contributed by atoms with E-state index in [9.17, 15) is 0 Å². The van der Waals surface area contributed by atoms with Crippen LogP contribution in [0.4, 0.5) is 0 Å². The quantitative estimate of drug-likeness (QED) is 0.806. The summed E-state index contributed by atoms with van der Waals surface area (Å²) in [5.74, 6) is 0.599. The third-order valence-electron chi connectivity index (χ3n) is 3.75. The van der Waals surface area contributed by atoms with Gasteiger partial charge in [-0.1, -0.05) is 6.92 Å². The second kappa shape index (κ2) is 8.49. The molecule has 1 fully saturated rings. The highest BCUT2D eigenvalue weighted by Crippen LogP contribution is 2.22. The van der Waals surface area contributed by atoms with E-state index in [0.29, 0.717) is 12.0 Å². The molecule has 2 rings (SSSR count). The van der Waals surface area contributed by atoms with Crippen LogP contribution >= 0.6 is 27.3 Å². The Kier molecular flexibility index (Phi) is 6.97. The molecular formula is C15H25BrN2OS. The van der Waals surface area contributed by atoms with E-state index >= 15 is 0 Å². The van der Waals surface area contributed by atoms with Crippen LogP contribution in [0.1, 0.15) is 25.3 Å². The molecule has 20 heavy (non-hydrogen) atoms. The molecule has 114 valence electrons. The molecule has 1 aliphatic rings. The predicted molar refractivity (Wildman–Crippen MR) is 89.4 cm³/mol. The first-order valence-corrected chi connectivity index (χ1v) is 9.09. The van der Waals surface area contributed by atoms with Crippen molar-refractivity contribution in [2.75, 3.05) is 33.4 Å². The van der Waals surface area contributed by atoms with E-state index in [2.05, 4.69) is 51.6 Å². The zero-order valence-corrected chi connectivity index (χ0v) is 14.8. The Morgan fingerprint density at radius 2 is 2.40 bits per heavy atom. The molecule has 0 aliphatic carbocycles. The standard InChI is InChI=1S/C15H25BrN2OS/c1-3-5-17-14-4-6-19-10-13(14)9-18(2)8-12-7-15(16)20-11-12/h7,11,13-14,17H,3-6,8-10H2,1-2H3. The first-order chi connectivity index (χ1) is 9.69. The minimum absolute atomic E-state index is 0.599. The van der Waals surface area contributed by atoms with Crippen LogP contribution in [0.15, 0.2) is 15.2 Å². The number of rotatable bonds is 7. The smallest absolute Gasteiger partial charge is 0.0701 e. The second-order valence-electron chi connectivity index (χ2n) is 5.64. The third-order valence-corrected chi connectivity index (χ3v) is 5.30. The molecule has 0 radical (unpaired) electrons. The van der Waals surface area contributed by atoms with Crippen molar-refractivity contribution < 1.29 is 4.74 Å². The average Bonchev–Trinajstić information content (AvgIpc) is 2.83. The summed E-state index contributed by atoms with van der Waals surface area (Å²) in [6, 6.07) is 2.83. The summed E-state index contributed by atoms with van der Waals surface area (Å²) >= 11 is 5.29. The predicted octanol–water partition coefficient (Wildman–Crippen LogP) is 3.35. The Bertz CT molecular complexity index is 399. The zero-order chi connectivity index (χ0) is 14.4. The Morgan fingerprint density at radius 3 is 3.10 bits per heavy atom. The molecule has 1 aromatic heterocycles. The lowest BCUT2D eigenvalue weighted by atomic mass is 9.95. The third kappa shape index (κ3) is 5.11. The lowest BCUT2D eigenvalue weighted by molar-refractivity contribution is 0.0189. The van der Waals surface area contributed by atoms with Gasteiger partial charge in [0.25, 0.3) is 0 Å². The van der Waals surface area contributed by atoms with Crippen LogP contribution in [0.5, 0.6) is 0 Å². The maximum atomic E-state index is 5.68. The van der Waals surface area contributed by atoms with Gasteiger partial charge in [0.05, 0.1) is 10.4 Å². The summed E-state index contributed by atoms with van der Waals surface area (Å²) in [4.78, 5) is 2.41. The van der Waals surface area contributed by atoms with E-state index in [-0.39, 0.29) is 0 Å². The molecule has 0 bridgehead atoms. The van der Waals surface area contributed by atoms with Crippen LogP contribution in [0.3, 0.4) is 0 Å². The topological polar surface area (TPSA) is 24.5 Å². The molecule has 1 N–H and O–H groups in total. The van der Waals surface area contributed by atoms with Gasteiger partial charge in [-0.15, -0.1) is 11.3 Å². The number of thiophene rings is 1. The summed E-state index contributed by atoms with van der Waals surface area (Å²) in [6.07, 6.45) is 2.34. The van der Waals surface area contributed by atoms with Crippen molar-refractivity contribution in [3.05, 3.63) is 20.8 Å². The molecule has 2 heterocycles. The van der Waals surface area contributed by atoms with Crippen LogP contribution in [-0.4, -0.2) is 44.3 Å². The van der Waals surface area contributed by atoms with Crippen LogP contribution in [-0.2, 0) is 11.3 Å². The van der Waals surface area contributed by atoms with Crippen molar-refractivity contribution in [2.45, 2.75) is 32.4 Å². The normalized spacial score (nSPS) is 23.4. The van der Waals surface area contributed by atoms with Gasteiger partial charge in [-0.05, 0) is 59.4 Å². The summed E-state index contributed by atoms with van der Waals surface area (Å²) in [6.45, 7) is 7.23. The van der Waals surface area contributed by atoms with Crippen molar-refractivity contribution in [2.24, 2.45) is 5.92 Å². The van der Waals surface area contributed by atoms with E-state index in [4.69, 9.17) is 4.74 Å². The van der Waals surface area contributed by atoms with Crippen LogP contribution in [0, 0.1) is 5.92 Å². The molecule has 1 aliphatic heterocycles. The minimum atomic E-state index is 0.599. The average molecular weight is 361 g/mol. The fraction of sp³-hybridized carbons (Fsp3) is 0.733. The number of nitrogens with zero attached hydrogens (tertiary/aromatic N) is 1. The van der Waals surface area contributed by atoms with E-state index in [0.717, 1.165) is 39.3 Å². The largest absolute Gasteiger partial charge is 0.381 e. The zero-order valence-electron chi connectivity index (χ0n) is 12.4. The lowest BCUT2D eigenvalue weighted by Crippen LogP contribution is -2.47. The Hall–Kier alpha value is 0.0600. The van der Waals surface area contributed by atoms with Gasteiger partial charge in [0.1, 0.15) is 0 Å². The first kappa shape index (κ1) is 16.4. The van der Waals surface area contributed by atoms with Crippen molar-refractivity contribution >= 4 is 27.3 Å². The second-order valence-corrected chi connectivity index (χ2v) is 7.93. The summed E-state index contributed by atoms with van der Waals surface area (Å²) < 4.78 is 6.89. The van der Waals surface area contributed by atoms with Gasteiger partial charge < -0.3 is 15.0 Å². The van der Waals surface area contributed by atoms with Crippen LogP contribution in [0.25, 0.3) is 0 Å². The lowest BCUT2D eigenvalue weighted by Gasteiger charge is -2.34. The van der Waals surface area contributed by atoms with E-state index < -0.39 is 0 Å². The molecular weight excluding hydrogens is 336 g/mol. The van der Waals surface area contributed by atoms with Gasteiger partial charge in [0.2, 0.25) is 0 Å². The van der Waals surface area contributed by atoms with E-state index in [1.807, 2.05) is 0 Å². The van der Waals surface area contributed by atoms with Gasteiger partial charge in [-0.2, -0.15) is 0 Å². The highest BCUT2D eigenvalue weighted by molar-refractivity contribution is 9.11. The van der Waals surface area contributed by atoms with Gasteiger partial charge in [-0.25, -0.2) is 0 Å². The summed E-state index contributed by atoms with van der Waals surface area (Å²) in [5, 5.41) is 5.91. The minimum Gasteiger partial charge on any atom is -0.381 e. The van der Waals surface area contributed by atoms with Gasteiger partial charge in [-0.3, -0.25) is 0 Å². The van der Waals surface area contributed by atoms with Crippen molar-refractivity contribution in [3.63, 3.8) is 0 Å².